The molecule has 96 valence electrons. The summed E-state index contributed by atoms with van der Waals surface area (Å²) in [4.78, 5) is 4.76. The standard InChI is InChI=1S/C16H16N2O/c1-11-5-4-10-18-12(2)15(17-16(11)18)13-6-8-14(19-3)9-7-13/h4-10H,1-3H3. The van der Waals surface area contributed by atoms with Gasteiger partial charge in [0.05, 0.1) is 12.8 Å². The van der Waals surface area contributed by atoms with E-state index in [-0.39, 0.29) is 0 Å². The van der Waals surface area contributed by atoms with Crippen LogP contribution >= 0.6 is 0 Å². The fourth-order valence-electron chi connectivity index (χ4n) is 2.34. The molecule has 0 aliphatic carbocycles. The highest BCUT2D eigenvalue weighted by molar-refractivity contribution is 5.68. The summed E-state index contributed by atoms with van der Waals surface area (Å²) in [6.07, 6.45) is 2.05. The predicted octanol–water partition coefficient (Wildman–Crippen LogP) is 3.63. The van der Waals surface area contributed by atoms with Crippen LogP contribution in [0, 0.1) is 13.8 Å². The molecule has 3 rings (SSSR count). The summed E-state index contributed by atoms with van der Waals surface area (Å²) in [5.74, 6) is 0.862. The third-order valence-corrected chi connectivity index (χ3v) is 3.45. The van der Waals surface area contributed by atoms with Gasteiger partial charge in [0.2, 0.25) is 0 Å². The number of imidazole rings is 1. The van der Waals surface area contributed by atoms with Crippen molar-refractivity contribution in [2.45, 2.75) is 13.8 Å². The Morgan fingerprint density at radius 2 is 1.79 bits per heavy atom. The van der Waals surface area contributed by atoms with Crippen molar-refractivity contribution in [1.82, 2.24) is 9.38 Å². The Bertz CT molecular complexity index is 726. The van der Waals surface area contributed by atoms with Crippen LogP contribution in [0.15, 0.2) is 42.6 Å². The van der Waals surface area contributed by atoms with E-state index in [9.17, 15) is 0 Å². The number of rotatable bonds is 2. The predicted molar refractivity (Wildman–Crippen MR) is 76.7 cm³/mol. The number of pyridine rings is 1. The summed E-state index contributed by atoms with van der Waals surface area (Å²) in [6, 6.07) is 12.2. The van der Waals surface area contributed by atoms with Crippen molar-refractivity contribution in [3.63, 3.8) is 0 Å². The van der Waals surface area contributed by atoms with Gasteiger partial charge in [0, 0.05) is 17.5 Å². The number of nitrogens with zero attached hydrogens (tertiary/aromatic N) is 2. The van der Waals surface area contributed by atoms with Gasteiger partial charge in [0.25, 0.3) is 0 Å². The quantitative estimate of drug-likeness (QED) is 0.696. The number of hydrogen-bond acceptors (Lipinski definition) is 2. The van der Waals surface area contributed by atoms with E-state index in [2.05, 4.69) is 36.6 Å². The first kappa shape index (κ1) is 11.8. The molecular formula is C16H16N2O. The fourth-order valence-corrected chi connectivity index (χ4v) is 2.34. The molecule has 0 aliphatic rings. The molecule has 1 aromatic carbocycles. The van der Waals surface area contributed by atoms with Crippen LogP contribution in [-0.4, -0.2) is 16.5 Å². The van der Waals surface area contributed by atoms with Gasteiger partial charge in [-0.1, -0.05) is 6.07 Å². The van der Waals surface area contributed by atoms with Crippen molar-refractivity contribution in [2.75, 3.05) is 7.11 Å². The number of aromatic nitrogens is 2. The molecule has 0 aliphatic heterocycles. The Hall–Kier alpha value is -2.29. The molecule has 3 nitrogen and oxygen atoms in total. The van der Waals surface area contributed by atoms with Crippen LogP contribution in [0.4, 0.5) is 0 Å². The molecule has 2 aromatic heterocycles. The number of aryl methyl sites for hydroxylation is 2. The monoisotopic (exact) mass is 252 g/mol. The van der Waals surface area contributed by atoms with Gasteiger partial charge in [0.15, 0.2) is 0 Å². The average Bonchev–Trinajstić information content (AvgIpc) is 2.78. The fraction of sp³-hybridized carbons (Fsp3) is 0.188. The zero-order valence-corrected chi connectivity index (χ0v) is 11.3. The van der Waals surface area contributed by atoms with Gasteiger partial charge in [-0.2, -0.15) is 0 Å². The summed E-state index contributed by atoms with van der Waals surface area (Å²) >= 11 is 0. The zero-order valence-electron chi connectivity index (χ0n) is 11.3. The van der Waals surface area contributed by atoms with Gasteiger partial charge in [0.1, 0.15) is 11.4 Å². The lowest BCUT2D eigenvalue weighted by atomic mass is 10.1. The molecule has 0 radical (unpaired) electrons. The van der Waals surface area contributed by atoms with E-state index < -0.39 is 0 Å². The van der Waals surface area contributed by atoms with E-state index in [1.807, 2.05) is 24.3 Å². The molecule has 0 saturated carbocycles. The molecule has 0 N–H and O–H groups in total. The maximum atomic E-state index is 5.19. The lowest BCUT2D eigenvalue weighted by molar-refractivity contribution is 0.415. The molecule has 3 heteroatoms. The van der Waals surface area contributed by atoms with Crippen molar-refractivity contribution in [1.29, 1.82) is 0 Å². The number of benzene rings is 1. The first-order valence-corrected chi connectivity index (χ1v) is 6.29. The largest absolute Gasteiger partial charge is 0.497 e. The van der Waals surface area contributed by atoms with Gasteiger partial charge in [-0.05, 0) is 49.7 Å². The van der Waals surface area contributed by atoms with E-state index in [0.29, 0.717) is 0 Å². The highest BCUT2D eigenvalue weighted by Crippen LogP contribution is 2.26. The minimum atomic E-state index is 0.862. The normalized spacial score (nSPS) is 10.9. The van der Waals surface area contributed by atoms with E-state index in [1.54, 1.807) is 7.11 Å². The molecule has 19 heavy (non-hydrogen) atoms. The number of methoxy groups -OCH3 is 1. The maximum Gasteiger partial charge on any atom is 0.140 e. The van der Waals surface area contributed by atoms with Gasteiger partial charge in [-0.3, -0.25) is 0 Å². The molecule has 0 atom stereocenters. The average molecular weight is 252 g/mol. The van der Waals surface area contributed by atoms with Crippen molar-refractivity contribution < 1.29 is 4.74 Å². The smallest absolute Gasteiger partial charge is 0.140 e. The second-order valence-corrected chi connectivity index (χ2v) is 4.66. The molecule has 0 amide bonds. The van der Waals surface area contributed by atoms with E-state index in [1.165, 1.54) is 5.56 Å². The van der Waals surface area contributed by atoms with Crippen molar-refractivity contribution >= 4 is 5.65 Å². The molecule has 0 bridgehead atoms. The second kappa shape index (κ2) is 4.43. The Balaban J connectivity index is 2.19. The molecule has 3 aromatic rings. The lowest BCUT2D eigenvalue weighted by Crippen LogP contribution is -1.88. The van der Waals surface area contributed by atoms with Crippen LogP contribution in [0.2, 0.25) is 0 Å². The minimum Gasteiger partial charge on any atom is -0.497 e. The topological polar surface area (TPSA) is 26.5 Å². The summed E-state index contributed by atoms with van der Waals surface area (Å²) < 4.78 is 7.32. The summed E-state index contributed by atoms with van der Waals surface area (Å²) in [5, 5.41) is 0. The zero-order chi connectivity index (χ0) is 13.4. The highest BCUT2D eigenvalue weighted by Gasteiger charge is 2.11. The Kier molecular flexibility index (Phi) is 2.75. The summed E-state index contributed by atoms with van der Waals surface area (Å²) in [6.45, 7) is 4.18. The Morgan fingerprint density at radius 1 is 1.05 bits per heavy atom. The Labute approximate surface area is 112 Å². The summed E-state index contributed by atoms with van der Waals surface area (Å²) in [7, 11) is 1.68. The molecule has 0 spiro atoms. The first-order valence-electron chi connectivity index (χ1n) is 6.29. The first-order chi connectivity index (χ1) is 9.20. The Morgan fingerprint density at radius 3 is 2.42 bits per heavy atom. The number of ether oxygens (including phenoxy) is 1. The molecule has 2 heterocycles. The van der Waals surface area contributed by atoms with Crippen LogP contribution < -0.4 is 4.74 Å². The highest BCUT2D eigenvalue weighted by atomic mass is 16.5. The molecule has 0 saturated heterocycles. The van der Waals surface area contributed by atoms with Crippen LogP contribution in [0.3, 0.4) is 0 Å². The van der Waals surface area contributed by atoms with Crippen LogP contribution in [0.25, 0.3) is 16.9 Å². The van der Waals surface area contributed by atoms with Crippen molar-refractivity contribution in [2.24, 2.45) is 0 Å². The van der Waals surface area contributed by atoms with Crippen molar-refractivity contribution in [3.05, 3.63) is 53.9 Å². The molecule has 0 fully saturated rings. The van der Waals surface area contributed by atoms with Gasteiger partial charge in [-0.25, -0.2) is 4.98 Å². The molecule has 0 unspecified atom stereocenters. The second-order valence-electron chi connectivity index (χ2n) is 4.66. The molecular weight excluding hydrogens is 236 g/mol. The van der Waals surface area contributed by atoms with Crippen LogP contribution in [-0.2, 0) is 0 Å². The maximum absolute atomic E-state index is 5.19. The SMILES string of the molecule is COc1ccc(-c2nc3c(C)cccn3c2C)cc1. The van der Waals surface area contributed by atoms with Gasteiger partial charge >= 0.3 is 0 Å². The van der Waals surface area contributed by atoms with Gasteiger partial charge in [-0.15, -0.1) is 0 Å². The third-order valence-electron chi connectivity index (χ3n) is 3.45. The van der Waals surface area contributed by atoms with Gasteiger partial charge < -0.3 is 9.14 Å². The van der Waals surface area contributed by atoms with E-state index in [4.69, 9.17) is 9.72 Å². The van der Waals surface area contributed by atoms with Crippen LogP contribution in [0.5, 0.6) is 5.75 Å². The van der Waals surface area contributed by atoms with Crippen molar-refractivity contribution in [3.8, 4) is 17.0 Å². The van der Waals surface area contributed by atoms with Crippen LogP contribution in [0.1, 0.15) is 11.3 Å². The van der Waals surface area contributed by atoms with E-state index >= 15 is 0 Å². The minimum absolute atomic E-state index is 0.862. The lowest BCUT2D eigenvalue weighted by Gasteiger charge is -2.02. The number of hydrogen-bond donors (Lipinski definition) is 0. The number of fused-ring (bicyclic) bond motifs is 1. The van der Waals surface area contributed by atoms with E-state index in [0.717, 1.165) is 28.3 Å². The third kappa shape index (κ3) is 1.87. The summed E-state index contributed by atoms with van der Waals surface area (Å²) in [5.41, 5.74) is 5.50.